The second-order valence-electron chi connectivity index (χ2n) is 4.92. The monoisotopic (exact) mass is 320 g/mol. The fraction of sp³-hybridized carbons (Fsp3) is 0.235. The van der Waals surface area contributed by atoms with E-state index in [-0.39, 0.29) is 5.75 Å². The summed E-state index contributed by atoms with van der Waals surface area (Å²) in [5.41, 5.74) is 1.54. The summed E-state index contributed by atoms with van der Waals surface area (Å²) >= 11 is 6.26. The maximum absolute atomic E-state index is 13.6. The Kier molecular flexibility index (Phi) is 5.39. The lowest BCUT2D eigenvalue weighted by molar-refractivity contribution is 0.442. The molecule has 0 saturated carbocycles. The third-order valence-electron chi connectivity index (χ3n) is 3.17. The first-order chi connectivity index (χ1) is 10.5. The van der Waals surface area contributed by atoms with E-state index >= 15 is 0 Å². The maximum Gasteiger partial charge on any atom is 0.165 e. The summed E-state index contributed by atoms with van der Waals surface area (Å²) in [5, 5.41) is 0.465. The van der Waals surface area contributed by atoms with Gasteiger partial charge in [-0.05, 0) is 37.6 Å². The highest BCUT2D eigenvalue weighted by atomic mass is 35.5. The van der Waals surface area contributed by atoms with E-state index in [1.54, 1.807) is 36.7 Å². The predicted octanol–water partition coefficient (Wildman–Crippen LogP) is 5.19. The molecule has 0 N–H and O–H groups in total. The average molecular weight is 321 g/mol. The van der Waals surface area contributed by atoms with Gasteiger partial charge in [0.15, 0.2) is 11.6 Å². The van der Waals surface area contributed by atoms with Gasteiger partial charge >= 0.3 is 0 Å². The normalized spacial score (nSPS) is 11.0. The quantitative estimate of drug-likeness (QED) is 0.559. The third-order valence-corrected chi connectivity index (χ3v) is 3.46. The molecule has 0 amide bonds. The molecule has 22 heavy (non-hydrogen) atoms. The first kappa shape index (κ1) is 16.3. The molecule has 2 rings (SSSR count). The van der Waals surface area contributed by atoms with E-state index in [2.05, 4.69) is 4.99 Å². The number of rotatable bonds is 5. The second kappa shape index (κ2) is 7.27. The van der Waals surface area contributed by atoms with Crippen molar-refractivity contribution in [3.05, 3.63) is 52.8 Å². The lowest BCUT2D eigenvalue weighted by atomic mass is 10.2. The minimum atomic E-state index is -0.414. The highest BCUT2D eigenvalue weighted by Crippen LogP contribution is 2.35. The van der Waals surface area contributed by atoms with Crippen LogP contribution in [0.5, 0.6) is 11.5 Å². The van der Waals surface area contributed by atoms with Gasteiger partial charge in [-0.25, -0.2) is 9.38 Å². The van der Waals surface area contributed by atoms with E-state index in [1.807, 2.05) is 25.8 Å². The molecule has 116 valence electrons. The van der Waals surface area contributed by atoms with E-state index in [0.29, 0.717) is 16.5 Å². The summed E-state index contributed by atoms with van der Waals surface area (Å²) < 4.78 is 19.2. The molecule has 0 spiro atoms. The number of benzene rings is 2. The van der Waals surface area contributed by atoms with Gasteiger partial charge in [0.05, 0.1) is 17.0 Å². The van der Waals surface area contributed by atoms with Crippen molar-refractivity contribution < 1.29 is 9.13 Å². The predicted molar refractivity (Wildman–Crippen MR) is 89.1 cm³/mol. The Bertz CT molecular complexity index is 665. The van der Waals surface area contributed by atoms with Crippen LogP contribution in [0.2, 0.25) is 5.02 Å². The summed E-state index contributed by atoms with van der Waals surface area (Å²) in [6.07, 6.45) is 1.73. The largest absolute Gasteiger partial charge is 0.454 e. The van der Waals surface area contributed by atoms with Gasteiger partial charge in [0.25, 0.3) is 0 Å². The van der Waals surface area contributed by atoms with E-state index in [1.165, 1.54) is 6.07 Å². The summed E-state index contributed by atoms with van der Waals surface area (Å²) in [5.74, 6) is 0.235. The molecule has 0 atom stereocenters. The molecule has 3 nitrogen and oxygen atoms in total. The zero-order valence-corrected chi connectivity index (χ0v) is 13.6. The van der Waals surface area contributed by atoms with E-state index in [0.717, 1.165) is 12.1 Å². The number of nitrogens with zero attached hydrogens (tertiary/aromatic N) is 2. The molecule has 0 aliphatic heterocycles. The number of aryl methyl sites for hydroxylation is 1. The van der Waals surface area contributed by atoms with Crippen molar-refractivity contribution >= 4 is 23.6 Å². The molecule has 0 bridgehead atoms. The summed E-state index contributed by atoms with van der Waals surface area (Å²) in [6.45, 7) is 4.78. The third kappa shape index (κ3) is 3.98. The number of hydrogen-bond donors (Lipinski definition) is 0. The highest BCUT2D eigenvalue weighted by molar-refractivity contribution is 6.33. The molecular formula is C17H18ClFN2O. The number of halogens is 2. The van der Waals surface area contributed by atoms with Crippen LogP contribution in [0.25, 0.3) is 0 Å². The fourth-order valence-electron chi connectivity index (χ4n) is 1.82. The molecule has 0 aromatic heterocycles. The number of aliphatic imine (C=N–C) groups is 1. The fourth-order valence-corrected chi connectivity index (χ4v) is 2.13. The Morgan fingerprint density at radius 1 is 1.32 bits per heavy atom. The molecule has 0 fully saturated rings. The maximum atomic E-state index is 13.6. The molecule has 0 aliphatic carbocycles. The Labute approximate surface area is 135 Å². The molecule has 0 aliphatic rings. The van der Waals surface area contributed by atoms with E-state index < -0.39 is 5.82 Å². The number of hydrogen-bond acceptors (Lipinski definition) is 2. The molecule has 2 aromatic carbocycles. The molecule has 2 aromatic rings. The molecule has 0 radical (unpaired) electrons. The summed E-state index contributed by atoms with van der Waals surface area (Å²) in [7, 11) is 1.93. The van der Waals surface area contributed by atoms with Gasteiger partial charge in [-0.1, -0.05) is 23.7 Å². The van der Waals surface area contributed by atoms with Gasteiger partial charge in [-0.2, -0.15) is 0 Å². The van der Waals surface area contributed by atoms with Gasteiger partial charge in [0, 0.05) is 19.7 Å². The molecular weight excluding hydrogens is 303 g/mol. The van der Waals surface area contributed by atoms with Crippen LogP contribution in [0, 0.1) is 12.7 Å². The van der Waals surface area contributed by atoms with Crippen LogP contribution >= 0.6 is 11.6 Å². The second-order valence-corrected chi connectivity index (χ2v) is 5.33. The average Bonchev–Trinajstić information content (AvgIpc) is 2.48. The van der Waals surface area contributed by atoms with Crippen molar-refractivity contribution in [1.82, 2.24) is 4.90 Å². The Hall–Kier alpha value is -2.07. The van der Waals surface area contributed by atoms with Gasteiger partial charge in [0.2, 0.25) is 0 Å². The highest BCUT2D eigenvalue weighted by Gasteiger charge is 2.09. The van der Waals surface area contributed by atoms with Gasteiger partial charge < -0.3 is 9.64 Å². The van der Waals surface area contributed by atoms with Crippen LogP contribution < -0.4 is 4.74 Å². The standard InChI is InChI=1S/C17H18ClFN2O/c1-4-21(3)11-20-17-12(2)9-13(10-14(17)18)22-16-8-6-5-7-15(16)19/h5-11H,4H2,1-3H3. The number of para-hydroxylation sites is 1. The van der Waals surface area contributed by atoms with Crippen molar-refractivity contribution in [3.8, 4) is 11.5 Å². The van der Waals surface area contributed by atoms with Crippen molar-refractivity contribution in [2.24, 2.45) is 4.99 Å². The van der Waals surface area contributed by atoms with Gasteiger partial charge in [0.1, 0.15) is 5.75 Å². The Balaban J connectivity index is 2.26. The van der Waals surface area contributed by atoms with Crippen LogP contribution in [-0.2, 0) is 0 Å². The SMILES string of the molecule is CCN(C)C=Nc1c(C)cc(Oc2ccccc2F)cc1Cl. The summed E-state index contributed by atoms with van der Waals surface area (Å²) in [4.78, 5) is 6.33. The van der Waals surface area contributed by atoms with Crippen molar-refractivity contribution in [2.75, 3.05) is 13.6 Å². The van der Waals surface area contributed by atoms with Crippen molar-refractivity contribution in [3.63, 3.8) is 0 Å². The molecule has 0 heterocycles. The van der Waals surface area contributed by atoms with Crippen LogP contribution in [0.3, 0.4) is 0 Å². The van der Waals surface area contributed by atoms with Crippen LogP contribution in [0.15, 0.2) is 41.4 Å². The van der Waals surface area contributed by atoms with Crippen LogP contribution in [-0.4, -0.2) is 24.8 Å². The minimum absolute atomic E-state index is 0.167. The van der Waals surface area contributed by atoms with E-state index in [4.69, 9.17) is 16.3 Å². The van der Waals surface area contributed by atoms with Crippen LogP contribution in [0.1, 0.15) is 12.5 Å². The lowest BCUT2D eigenvalue weighted by Crippen LogP contribution is -2.14. The number of ether oxygens (including phenoxy) is 1. The molecule has 0 unspecified atom stereocenters. The van der Waals surface area contributed by atoms with Gasteiger partial charge in [-0.3, -0.25) is 0 Å². The molecule has 0 saturated heterocycles. The topological polar surface area (TPSA) is 24.8 Å². The lowest BCUT2D eigenvalue weighted by Gasteiger charge is -2.12. The molecule has 5 heteroatoms. The van der Waals surface area contributed by atoms with Crippen LogP contribution in [0.4, 0.5) is 10.1 Å². The smallest absolute Gasteiger partial charge is 0.165 e. The zero-order chi connectivity index (χ0) is 16.1. The first-order valence-corrected chi connectivity index (χ1v) is 7.36. The minimum Gasteiger partial charge on any atom is -0.454 e. The Morgan fingerprint density at radius 2 is 2.05 bits per heavy atom. The Morgan fingerprint density at radius 3 is 2.68 bits per heavy atom. The van der Waals surface area contributed by atoms with E-state index in [9.17, 15) is 4.39 Å². The van der Waals surface area contributed by atoms with Crippen molar-refractivity contribution in [2.45, 2.75) is 13.8 Å². The van der Waals surface area contributed by atoms with Gasteiger partial charge in [-0.15, -0.1) is 0 Å². The summed E-state index contributed by atoms with van der Waals surface area (Å²) in [6, 6.07) is 9.68. The van der Waals surface area contributed by atoms with Crippen molar-refractivity contribution in [1.29, 1.82) is 0 Å². The zero-order valence-electron chi connectivity index (χ0n) is 12.8. The first-order valence-electron chi connectivity index (χ1n) is 6.98.